The standard InChI is InChI=1S/C23H19Cl2N3O2/c1-14-26-21-11-9-16(27(2)17-8-10-19(24)20(25)13-17)12-18(21)23(30)28(14)22(29)15-6-4-3-5-7-15/h3-13,22,29H,1-2H3. The third kappa shape index (κ3) is 3.67. The fraction of sp³-hybridized carbons (Fsp3) is 0.130. The molecule has 0 bridgehead atoms. The Morgan fingerprint density at radius 2 is 1.63 bits per heavy atom. The molecule has 30 heavy (non-hydrogen) atoms. The molecule has 7 heteroatoms. The van der Waals surface area contributed by atoms with Gasteiger partial charge in [-0.2, -0.15) is 0 Å². The number of aryl methyl sites for hydroxylation is 1. The van der Waals surface area contributed by atoms with Gasteiger partial charge < -0.3 is 10.0 Å². The highest BCUT2D eigenvalue weighted by atomic mass is 35.5. The molecule has 0 amide bonds. The van der Waals surface area contributed by atoms with E-state index in [1.54, 1.807) is 43.3 Å². The minimum atomic E-state index is -1.12. The summed E-state index contributed by atoms with van der Waals surface area (Å²) in [5, 5.41) is 12.2. The molecule has 0 aliphatic heterocycles. The second-order valence-electron chi connectivity index (χ2n) is 6.98. The predicted molar refractivity (Wildman–Crippen MR) is 122 cm³/mol. The molecule has 0 fully saturated rings. The van der Waals surface area contributed by atoms with Gasteiger partial charge in [-0.3, -0.25) is 9.36 Å². The number of benzene rings is 3. The van der Waals surface area contributed by atoms with E-state index in [1.807, 2.05) is 42.3 Å². The third-order valence-corrected chi connectivity index (χ3v) is 5.82. The average molecular weight is 440 g/mol. The van der Waals surface area contributed by atoms with Crippen molar-refractivity contribution >= 4 is 45.5 Å². The van der Waals surface area contributed by atoms with E-state index in [2.05, 4.69) is 4.98 Å². The topological polar surface area (TPSA) is 58.4 Å². The molecule has 1 heterocycles. The quantitative estimate of drug-likeness (QED) is 0.467. The molecule has 1 aromatic heterocycles. The van der Waals surface area contributed by atoms with Crippen LogP contribution in [0.25, 0.3) is 10.9 Å². The minimum absolute atomic E-state index is 0.307. The van der Waals surface area contributed by atoms with Crippen LogP contribution >= 0.6 is 23.2 Å². The molecule has 0 aliphatic rings. The highest BCUT2D eigenvalue weighted by Crippen LogP contribution is 2.31. The maximum atomic E-state index is 13.3. The zero-order valence-electron chi connectivity index (χ0n) is 16.4. The first-order chi connectivity index (χ1) is 14.4. The minimum Gasteiger partial charge on any atom is -0.369 e. The molecule has 3 aromatic carbocycles. The summed E-state index contributed by atoms with van der Waals surface area (Å²) in [4.78, 5) is 19.7. The van der Waals surface area contributed by atoms with Crippen molar-refractivity contribution in [3.8, 4) is 0 Å². The van der Waals surface area contributed by atoms with Crippen molar-refractivity contribution in [2.24, 2.45) is 0 Å². The van der Waals surface area contributed by atoms with Crippen molar-refractivity contribution in [2.75, 3.05) is 11.9 Å². The molecular weight excluding hydrogens is 421 g/mol. The van der Waals surface area contributed by atoms with Crippen LogP contribution in [0.4, 0.5) is 11.4 Å². The summed E-state index contributed by atoms with van der Waals surface area (Å²) in [6.07, 6.45) is -1.12. The zero-order valence-corrected chi connectivity index (χ0v) is 17.9. The predicted octanol–water partition coefficient (Wildman–Crippen LogP) is 5.32. The average Bonchev–Trinajstić information content (AvgIpc) is 2.75. The van der Waals surface area contributed by atoms with Crippen molar-refractivity contribution in [3.63, 3.8) is 0 Å². The second-order valence-corrected chi connectivity index (χ2v) is 7.79. The number of hydrogen-bond donors (Lipinski definition) is 1. The number of rotatable bonds is 4. The van der Waals surface area contributed by atoms with Crippen LogP contribution in [0, 0.1) is 6.92 Å². The van der Waals surface area contributed by atoms with Crippen LogP contribution in [0.2, 0.25) is 10.0 Å². The fourth-order valence-corrected chi connectivity index (χ4v) is 3.70. The van der Waals surface area contributed by atoms with E-state index in [0.717, 1.165) is 11.4 Å². The lowest BCUT2D eigenvalue weighted by atomic mass is 10.1. The van der Waals surface area contributed by atoms with E-state index in [0.29, 0.717) is 32.3 Å². The lowest BCUT2D eigenvalue weighted by Crippen LogP contribution is -2.28. The van der Waals surface area contributed by atoms with Gasteiger partial charge in [-0.1, -0.05) is 53.5 Å². The largest absolute Gasteiger partial charge is 0.369 e. The Kier molecular flexibility index (Phi) is 5.52. The van der Waals surface area contributed by atoms with Gasteiger partial charge in [0.25, 0.3) is 5.56 Å². The molecular formula is C23H19Cl2N3O2. The van der Waals surface area contributed by atoms with E-state index in [-0.39, 0.29) is 5.56 Å². The highest BCUT2D eigenvalue weighted by molar-refractivity contribution is 6.42. The van der Waals surface area contributed by atoms with Gasteiger partial charge in [-0.05, 0) is 43.3 Å². The SMILES string of the molecule is Cc1nc2ccc(N(C)c3ccc(Cl)c(Cl)c3)cc2c(=O)n1C(O)c1ccccc1. The smallest absolute Gasteiger partial charge is 0.263 e. The number of halogens is 2. The maximum Gasteiger partial charge on any atom is 0.263 e. The van der Waals surface area contributed by atoms with Crippen LogP contribution in [0.15, 0.2) is 71.5 Å². The molecule has 0 spiro atoms. The molecule has 1 unspecified atom stereocenters. The zero-order chi connectivity index (χ0) is 21.4. The van der Waals surface area contributed by atoms with Crippen LogP contribution in [0.1, 0.15) is 17.6 Å². The first-order valence-electron chi connectivity index (χ1n) is 9.31. The molecule has 0 aliphatic carbocycles. The van der Waals surface area contributed by atoms with Gasteiger partial charge in [0, 0.05) is 24.0 Å². The van der Waals surface area contributed by atoms with E-state index in [1.165, 1.54) is 4.57 Å². The molecule has 1 atom stereocenters. The van der Waals surface area contributed by atoms with Gasteiger partial charge in [0.05, 0.1) is 20.9 Å². The number of aliphatic hydroxyl groups is 1. The molecule has 4 rings (SSSR count). The Morgan fingerprint density at radius 1 is 0.967 bits per heavy atom. The van der Waals surface area contributed by atoms with Gasteiger partial charge in [0.2, 0.25) is 0 Å². The third-order valence-electron chi connectivity index (χ3n) is 5.08. The molecule has 0 saturated carbocycles. The van der Waals surface area contributed by atoms with Gasteiger partial charge >= 0.3 is 0 Å². The summed E-state index contributed by atoms with van der Waals surface area (Å²) in [5.74, 6) is 0.439. The Hall–Kier alpha value is -2.86. The van der Waals surface area contributed by atoms with Gasteiger partial charge in [-0.15, -0.1) is 0 Å². The lowest BCUT2D eigenvalue weighted by molar-refractivity contribution is 0.139. The van der Waals surface area contributed by atoms with Crippen LogP contribution in [-0.2, 0) is 0 Å². The van der Waals surface area contributed by atoms with Crippen LogP contribution in [0.3, 0.4) is 0 Å². The fourth-order valence-electron chi connectivity index (χ4n) is 3.41. The molecule has 0 saturated heterocycles. The van der Waals surface area contributed by atoms with Crippen molar-refractivity contribution in [3.05, 3.63) is 98.5 Å². The first kappa shape index (κ1) is 20.4. The Morgan fingerprint density at radius 3 is 2.33 bits per heavy atom. The number of fused-ring (bicyclic) bond motifs is 1. The Labute approximate surface area is 183 Å². The second kappa shape index (κ2) is 8.11. The number of aliphatic hydroxyl groups excluding tert-OH is 1. The Balaban J connectivity index is 1.82. The van der Waals surface area contributed by atoms with E-state index < -0.39 is 6.23 Å². The number of anilines is 2. The molecule has 4 aromatic rings. The summed E-state index contributed by atoms with van der Waals surface area (Å²) in [6.45, 7) is 1.71. The van der Waals surface area contributed by atoms with Crippen LogP contribution in [0.5, 0.6) is 0 Å². The van der Waals surface area contributed by atoms with E-state index in [9.17, 15) is 9.90 Å². The van der Waals surface area contributed by atoms with Crippen molar-refractivity contribution in [1.29, 1.82) is 0 Å². The molecule has 5 nitrogen and oxygen atoms in total. The molecule has 0 radical (unpaired) electrons. The lowest BCUT2D eigenvalue weighted by Gasteiger charge is -2.21. The number of aromatic nitrogens is 2. The highest BCUT2D eigenvalue weighted by Gasteiger charge is 2.17. The number of hydrogen-bond acceptors (Lipinski definition) is 4. The number of nitrogens with zero attached hydrogens (tertiary/aromatic N) is 3. The monoisotopic (exact) mass is 439 g/mol. The molecule has 1 N–H and O–H groups in total. The van der Waals surface area contributed by atoms with Crippen molar-refractivity contribution in [2.45, 2.75) is 13.2 Å². The summed E-state index contributed by atoms with van der Waals surface area (Å²) in [5.41, 5.74) is 2.49. The first-order valence-corrected chi connectivity index (χ1v) is 10.1. The van der Waals surface area contributed by atoms with Gasteiger partial charge in [-0.25, -0.2) is 4.98 Å². The van der Waals surface area contributed by atoms with Gasteiger partial charge in [0.15, 0.2) is 6.23 Å². The van der Waals surface area contributed by atoms with Crippen molar-refractivity contribution in [1.82, 2.24) is 9.55 Å². The normalized spacial score (nSPS) is 12.2. The van der Waals surface area contributed by atoms with E-state index >= 15 is 0 Å². The summed E-state index contributed by atoms with van der Waals surface area (Å²) < 4.78 is 1.31. The van der Waals surface area contributed by atoms with Gasteiger partial charge in [0.1, 0.15) is 5.82 Å². The van der Waals surface area contributed by atoms with Crippen molar-refractivity contribution < 1.29 is 5.11 Å². The summed E-state index contributed by atoms with van der Waals surface area (Å²) in [6, 6.07) is 19.8. The summed E-state index contributed by atoms with van der Waals surface area (Å²) in [7, 11) is 1.87. The van der Waals surface area contributed by atoms with Crippen LogP contribution < -0.4 is 10.5 Å². The van der Waals surface area contributed by atoms with Crippen LogP contribution in [-0.4, -0.2) is 21.7 Å². The maximum absolute atomic E-state index is 13.3. The summed E-state index contributed by atoms with van der Waals surface area (Å²) >= 11 is 12.2. The molecule has 152 valence electrons. The van der Waals surface area contributed by atoms with E-state index in [4.69, 9.17) is 23.2 Å². The Bertz CT molecular complexity index is 1290.